The summed E-state index contributed by atoms with van der Waals surface area (Å²) in [5.74, 6) is -1.93. The molecule has 0 bridgehead atoms. The number of carbonyl (C=O) groups excluding carboxylic acids is 10. The molecule has 5 saturated heterocycles. The van der Waals surface area contributed by atoms with E-state index in [1.807, 2.05) is 153 Å². The molecule has 142 heavy (non-hydrogen) atoms. The van der Waals surface area contributed by atoms with Gasteiger partial charge in [-0.25, -0.2) is 63.3 Å². The molecule has 9 aromatic rings. The summed E-state index contributed by atoms with van der Waals surface area (Å²) in [7, 11) is 0. The number of nitrogens with one attached hydrogen (secondary N) is 3. The molecule has 49 heteroatoms. The van der Waals surface area contributed by atoms with Crippen molar-refractivity contribution < 1.29 is 139 Å². The predicted octanol–water partition coefficient (Wildman–Crippen LogP) is 14.7. The molecule has 5 fully saturated rings. The summed E-state index contributed by atoms with van der Waals surface area (Å²) in [5.41, 5.74) is 9.99. The van der Waals surface area contributed by atoms with Crippen LogP contribution in [-0.2, 0) is 50.8 Å². The van der Waals surface area contributed by atoms with Crippen LogP contribution in [0.1, 0.15) is 181 Å². The Labute approximate surface area is 882 Å². The van der Waals surface area contributed by atoms with Crippen LogP contribution in [-0.4, -0.2) is 300 Å². The number of amides is 5. The molecule has 12 heterocycles. The molecule has 5 aliphatic rings. The number of thiazole rings is 5. The standard InChI is InChI=1S/C29H36N4O5S2.C19H20N4OS2.C15H23N3O4S.C13H19N3O4S.C9H18N2O2.C6H6BrNO2S.C2HF3O.Na.H2O/c1-28(2,3)37-26(35)31-21-10-9-19(24-8-7-15-39-24)16-20(21)17-23(34)22-18-40-25(30-22)32-11-13-33(14-12-32)27(36)38-29(4,5)6;20-15-4-3-13(18-2-1-9-25-18)10-14(15)11-17(24)16-12-26-19(22-16)23-7-5-21-6-8-23;1-5-21-12(19)11-10-23-13(16-11)17-6-8-18(9-7-17)14(20)22-15(2,3)4;1-13(2,3)20-12(19)16-6-4-15(5-7-16)11-14-9(8-21-11)10(17)18;1-9(2,3)13-8(12)11-6-4-10-5-7-11;1-2-10-5(9)4-3-11-6(7)8-4;3-2(4,5)1-6;;/h7-10,15-16,18H,11-14,17H2,1-6H3,(H,31,35);1-4,9-10,12,21H,5-8,11,20H2;10H,5-9H2,1-4H3;8H,4-7H2,1-3H3,(H,17,18);10H,4-7H2,1-3H3;3H,2H2,1H3;1H;;1H2/q;;;;;;;+1;/p-1. The monoisotopic (exact) mass is 2180 g/mol. The van der Waals surface area contributed by atoms with Crippen molar-refractivity contribution in [2.45, 2.75) is 165 Å². The number of esters is 2. The maximum Gasteiger partial charge on any atom is 1.00 e. The number of carboxylic acids is 1. The molecule has 2 aromatic carbocycles. The Bertz CT molecular complexity index is 5540. The number of hydrogen-bond acceptors (Lipinski definition) is 38. The Morgan fingerprint density at radius 2 is 0.754 bits per heavy atom. The quantitative estimate of drug-likeness (QED) is 0.0133. The zero-order chi connectivity index (χ0) is 103. The Morgan fingerprint density at radius 3 is 1.09 bits per heavy atom. The third kappa shape index (κ3) is 41.9. The van der Waals surface area contributed by atoms with Gasteiger partial charge in [0.15, 0.2) is 53.1 Å². The number of halogens is 4. The van der Waals surface area contributed by atoms with Gasteiger partial charge in [0.25, 0.3) is 0 Å². The van der Waals surface area contributed by atoms with E-state index in [1.165, 1.54) is 66.9 Å². The molecule has 0 saturated carbocycles. The number of benzene rings is 2. The fourth-order valence-electron chi connectivity index (χ4n) is 12.8. The van der Waals surface area contributed by atoms with Gasteiger partial charge in [0.1, 0.15) is 39.4 Å². The molecule has 7 aromatic heterocycles. The van der Waals surface area contributed by atoms with Gasteiger partial charge in [-0.15, -0.1) is 79.4 Å². The number of Topliss-reactive ketones (excluding diaryl/α,β-unsaturated/α-hetero) is 2. The van der Waals surface area contributed by atoms with Crippen LogP contribution in [0.15, 0.2) is 102 Å². The van der Waals surface area contributed by atoms with Crippen molar-refractivity contribution in [3.8, 4) is 20.9 Å². The second-order valence-corrected chi connectivity index (χ2v) is 43.7. The van der Waals surface area contributed by atoms with Gasteiger partial charge in [0.05, 0.1) is 13.2 Å². The molecule has 772 valence electrons. The molecule has 14 rings (SSSR count). The van der Waals surface area contributed by atoms with E-state index >= 15 is 0 Å². The van der Waals surface area contributed by atoms with Crippen LogP contribution >= 0.6 is 95.3 Å². The van der Waals surface area contributed by atoms with Crippen molar-refractivity contribution in [2.24, 2.45) is 0 Å². The number of hydrogen-bond donors (Lipinski definition) is 5. The number of thiophene rings is 2. The van der Waals surface area contributed by atoms with Gasteiger partial charge in [-0.1, -0.05) is 24.3 Å². The third-order valence-electron chi connectivity index (χ3n) is 19.3. The third-order valence-corrected chi connectivity index (χ3v) is 26.1. The van der Waals surface area contributed by atoms with Crippen LogP contribution in [0.3, 0.4) is 0 Å². The number of rotatable bonds is 18. The average molecular weight is 2180 g/mol. The Morgan fingerprint density at radius 1 is 0.437 bits per heavy atom. The van der Waals surface area contributed by atoms with Gasteiger partial charge in [0, 0.05) is 192 Å². The summed E-state index contributed by atoms with van der Waals surface area (Å²) < 4.78 is 68.5. The number of aromatic nitrogens is 5. The first kappa shape index (κ1) is 121. The number of nitrogen functional groups attached to an aromatic ring is 1. The molecule has 0 unspecified atom stereocenters. The fourth-order valence-corrected chi connectivity index (χ4v) is 18.7. The molecule has 0 atom stereocenters. The number of nitrogens with two attached hydrogens (primary N) is 1. The van der Waals surface area contributed by atoms with Crippen molar-refractivity contribution in [3.63, 3.8) is 0 Å². The molecular formula is C93H124BrF3N17NaO20S7. The Kier molecular flexibility index (Phi) is 47.9. The molecular weight excluding hydrogens is 2060 g/mol. The van der Waals surface area contributed by atoms with E-state index < -0.39 is 52.9 Å². The first-order valence-corrected chi connectivity index (χ1v) is 51.8. The van der Waals surface area contributed by atoms with E-state index in [4.69, 9.17) is 48.8 Å². The summed E-state index contributed by atoms with van der Waals surface area (Å²) in [6.07, 6.45) is -7.05. The summed E-state index contributed by atoms with van der Waals surface area (Å²) in [6, 6.07) is 19.6. The summed E-state index contributed by atoms with van der Waals surface area (Å²) >= 11 is 13.5. The number of ether oxygens (including phenoxy) is 7. The largest absolute Gasteiger partial charge is 1.00 e. The molecule has 5 aliphatic heterocycles. The minimum absolute atomic E-state index is 0. The van der Waals surface area contributed by atoms with E-state index in [2.05, 4.69) is 77.6 Å². The first-order valence-electron chi connectivity index (χ1n) is 44.8. The SMILES string of the molecule is CC(C)(C)OC(=O)N1CCN(c2nc(C(=O)O)cs2)CC1.CC(C)(C)OC(=O)N1CCNCC1.CC(C)(C)OC(=O)Nc1ccc(-c2cccs2)cc1CC(=O)c1csc(N2CCN(C(=O)OC(C)(C)C)CC2)n1.CCOC(=O)c1csc(Br)n1.CCOC(=O)c1csc(N2CCN(C(=O)OC(C)(C)C)CC2)n1.Nc1ccc(-c2cccs2)cc1CC(=O)c1csc(N2CCNCC2)n1.O=CC(F)(F)F.[Na+].[OH-]. The maximum atomic E-state index is 13.4. The van der Waals surface area contributed by atoms with Crippen molar-refractivity contribution >= 4 is 193 Å². The molecule has 0 aliphatic carbocycles. The molecule has 5 amide bonds. The van der Waals surface area contributed by atoms with Gasteiger partial charge in [0.2, 0.25) is 6.29 Å². The second-order valence-electron chi connectivity index (χ2n) is 36.3. The molecule has 7 N–H and O–H groups in total. The minimum Gasteiger partial charge on any atom is -0.870 e. The number of anilines is 6. The zero-order valence-electron chi connectivity index (χ0n) is 82.9. The normalized spacial score (nSPS) is 14.4. The number of carbonyl (C=O) groups is 11. The van der Waals surface area contributed by atoms with Gasteiger partial charge in [-0.2, -0.15) is 13.2 Å². The number of alkyl halides is 3. The smallest absolute Gasteiger partial charge is 0.870 e. The number of nitrogens with zero attached hydrogens (tertiary/aromatic N) is 13. The van der Waals surface area contributed by atoms with E-state index in [0.29, 0.717) is 141 Å². The average Bonchev–Trinajstić information content (AvgIpc) is 1.90. The number of ketones is 2. The number of carboxylic acid groups (broad SMARTS) is 1. The van der Waals surface area contributed by atoms with Crippen LogP contribution in [0.2, 0.25) is 0 Å². The van der Waals surface area contributed by atoms with E-state index in [9.17, 15) is 61.1 Å². The van der Waals surface area contributed by atoms with E-state index in [-0.39, 0.29) is 101 Å². The van der Waals surface area contributed by atoms with Crippen molar-refractivity contribution in [2.75, 3.05) is 175 Å². The first-order chi connectivity index (χ1) is 65.8. The Hall–Kier alpha value is -10.1. The second kappa shape index (κ2) is 56.4. The predicted molar refractivity (Wildman–Crippen MR) is 547 cm³/mol. The molecule has 0 radical (unpaired) electrons. The van der Waals surface area contributed by atoms with Gasteiger partial charge in [-0.3, -0.25) is 19.7 Å². The Balaban J connectivity index is 0.000000268. The van der Waals surface area contributed by atoms with Crippen LogP contribution in [0, 0.1) is 0 Å². The fraction of sp³-hybridized carbons (Fsp3) is 0.505. The van der Waals surface area contributed by atoms with Crippen molar-refractivity contribution in [1.82, 2.24) is 55.2 Å². The zero-order valence-corrected chi connectivity index (χ0v) is 92.2. The molecule has 0 spiro atoms. The van der Waals surface area contributed by atoms with Crippen LogP contribution in [0.25, 0.3) is 20.9 Å². The van der Waals surface area contributed by atoms with E-state index in [0.717, 1.165) is 89.3 Å². The minimum atomic E-state index is -4.64. The van der Waals surface area contributed by atoms with Crippen LogP contribution < -0.4 is 70.8 Å². The summed E-state index contributed by atoms with van der Waals surface area (Å²) in [6.45, 7) is 45.9. The van der Waals surface area contributed by atoms with Crippen LogP contribution in [0.5, 0.6) is 0 Å². The summed E-state index contributed by atoms with van der Waals surface area (Å²) in [4.78, 5) is 167. The van der Waals surface area contributed by atoms with Gasteiger partial charge < -0.3 is 99.3 Å². The maximum absolute atomic E-state index is 13.4. The van der Waals surface area contributed by atoms with Gasteiger partial charge >= 0.3 is 84.1 Å². The topological polar surface area (TPSA) is 455 Å². The number of aromatic carboxylic acids is 1. The van der Waals surface area contributed by atoms with E-state index in [1.54, 1.807) is 99.1 Å². The number of aldehydes is 1. The van der Waals surface area contributed by atoms with Crippen LogP contribution in [0.4, 0.5) is 69.0 Å². The summed E-state index contributed by atoms with van der Waals surface area (Å²) in [5, 5.41) is 33.9. The number of piperazine rings is 5. The molecule has 37 nitrogen and oxygen atoms in total. The van der Waals surface area contributed by atoms with Gasteiger partial charge in [-0.05, 0) is 203 Å². The van der Waals surface area contributed by atoms with Crippen molar-refractivity contribution in [1.29, 1.82) is 0 Å². The van der Waals surface area contributed by atoms with Crippen molar-refractivity contribution in [3.05, 3.63) is 142 Å².